The first-order valence-corrected chi connectivity index (χ1v) is 8.31. The Balaban J connectivity index is 2.07. The Morgan fingerprint density at radius 1 is 1.28 bits per heavy atom. The van der Waals surface area contributed by atoms with Crippen LogP contribution in [0.3, 0.4) is 0 Å². The van der Waals surface area contributed by atoms with Crippen molar-refractivity contribution in [1.82, 2.24) is 0 Å². The van der Waals surface area contributed by atoms with Gasteiger partial charge < -0.3 is 10.6 Å². The van der Waals surface area contributed by atoms with Crippen molar-refractivity contribution in [2.24, 2.45) is 0 Å². The topological polar surface area (TPSA) is 88.9 Å². The minimum atomic E-state index is -0.488. The molecule has 0 spiro atoms. The van der Waals surface area contributed by atoms with Crippen LogP contribution in [0.1, 0.15) is 29.7 Å². The second-order valence-electron chi connectivity index (χ2n) is 5.96. The monoisotopic (exact) mass is 362 g/mol. The highest BCUT2D eigenvalue weighted by Crippen LogP contribution is 2.30. The standard InChI is InChI=1S/C18H20ClN3O3/c1-11-8-9-16(22(24)25)18(12(11)2)21-17(23)10-20-13(3)14-6-4-5-7-15(14)19/h4-9,13,20H,10H2,1-3H3,(H,21,23)/p+1/t13-/m1/s1. The van der Waals surface area contributed by atoms with Crippen LogP contribution in [0.15, 0.2) is 36.4 Å². The van der Waals surface area contributed by atoms with Crippen LogP contribution in [-0.4, -0.2) is 17.4 Å². The van der Waals surface area contributed by atoms with Crippen molar-refractivity contribution in [2.75, 3.05) is 11.9 Å². The SMILES string of the molecule is Cc1ccc([N+](=O)[O-])c(NC(=O)C[NH2+][C@H](C)c2ccccc2Cl)c1C. The zero-order valence-corrected chi connectivity index (χ0v) is 15.1. The minimum absolute atomic E-state index is 0.00644. The van der Waals surface area contributed by atoms with E-state index >= 15 is 0 Å². The zero-order valence-electron chi connectivity index (χ0n) is 14.4. The van der Waals surface area contributed by atoms with Crippen molar-refractivity contribution < 1.29 is 15.0 Å². The summed E-state index contributed by atoms with van der Waals surface area (Å²) in [6.45, 7) is 5.69. The molecular formula is C18H21ClN3O3+. The second kappa shape index (κ2) is 8.09. The number of carbonyl (C=O) groups is 1. The third kappa shape index (κ3) is 4.55. The summed E-state index contributed by atoms with van der Waals surface area (Å²) in [6.07, 6.45) is 0. The number of nitrogens with zero attached hydrogens (tertiary/aromatic N) is 1. The molecule has 0 heterocycles. The minimum Gasteiger partial charge on any atom is -0.332 e. The number of benzene rings is 2. The van der Waals surface area contributed by atoms with Gasteiger partial charge in [-0.2, -0.15) is 0 Å². The fourth-order valence-corrected chi connectivity index (χ4v) is 2.86. The number of aryl methyl sites for hydroxylation is 1. The van der Waals surface area contributed by atoms with E-state index in [9.17, 15) is 14.9 Å². The Morgan fingerprint density at radius 2 is 1.96 bits per heavy atom. The number of halogens is 1. The van der Waals surface area contributed by atoms with Gasteiger partial charge in [0.1, 0.15) is 11.7 Å². The highest BCUT2D eigenvalue weighted by molar-refractivity contribution is 6.31. The average molecular weight is 363 g/mol. The number of anilines is 1. The van der Waals surface area contributed by atoms with Crippen molar-refractivity contribution in [3.05, 3.63) is 68.2 Å². The van der Waals surface area contributed by atoms with Crippen LogP contribution in [0.4, 0.5) is 11.4 Å². The molecule has 0 unspecified atom stereocenters. The lowest BCUT2D eigenvalue weighted by molar-refractivity contribution is -0.682. The molecule has 2 aromatic carbocycles. The molecule has 0 aliphatic heterocycles. The number of nitro benzene ring substituents is 1. The summed E-state index contributed by atoms with van der Waals surface area (Å²) < 4.78 is 0. The molecule has 2 aromatic rings. The maximum atomic E-state index is 12.3. The number of nitro groups is 1. The molecule has 3 N–H and O–H groups in total. The summed E-state index contributed by atoms with van der Waals surface area (Å²) in [5, 5.41) is 16.4. The number of nitrogens with two attached hydrogens (primary N) is 1. The Labute approximate surface area is 151 Å². The molecular weight excluding hydrogens is 342 g/mol. The van der Waals surface area contributed by atoms with E-state index in [4.69, 9.17) is 11.6 Å². The van der Waals surface area contributed by atoms with Gasteiger partial charge in [0.05, 0.1) is 4.92 Å². The van der Waals surface area contributed by atoms with Gasteiger partial charge in [0.15, 0.2) is 6.54 Å². The molecule has 0 aliphatic carbocycles. The maximum Gasteiger partial charge on any atom is 0.293 e. The van der Waals surface area contributed by atoms with Crippen LogP contribution in [0, 0.1) is 24.0 Å². The molecule has 1 amide bonds. The van der Waals surface area contributed by atoms with E-state index in [-0.39, 0.29) is 29.9 Å². The number of quaternary nitrogens is 1. The molecule has 6 nitrogen and oxygen atoms in total. The molecule has 0 saturated heterocycles. The van der Waals surface area contributed by atoms with Crippen molar-refractivity contribution in [1.29, 1.82) is 0 Å². The summed E-state index contributed by atoms with van der Waals surface area (Å²) in [5.41, 5.74) is 2.68. The third-order valence-electron chi connectivity index (χ3n) is 4.23. The number of amides is 1. The van der Waals surface area contributed by atoms with E-state index in [0.717, 1.165) is 11.1 Å². The molecule has 0 fully saturated rings. The van der Waals surface area contributed by atoms with Gasteiger partial charge in [0.25, 0.3) is 11.6 Å². The lowest BCUT2D eigenvalue weighted by Crippen LogP contribution is -2.86. The van der Waals surface area contributed by atoms with Crippen molar-refractivity contribution in [3.8, 4) is 0 Å². The van der Waals surface area contributed by atoms with Gasteiger partial charge in [-0.05, 0) is 38.0 Å². The number of carbonyl (C=O) groups excluding carboxylic acids is 1. The van der Waals surface area contributed by atoms with Gasteiger partial charge in [-0.1, -0.05) is 35.9 Å². The smallest absolute Gasteiger partial charge is 0.293 e. The van der Waals surface area contributed by atoms with E-state index in [1.54, 1.807) is 19.1 Å². The Morgan fingerprint density at radius 3 is 2.60 bits per heavy atom. The molecule has 0 saturated carbocycles. The fourth-order valence-electron chi connectivity index (χ4n) is 2.56. The van der Waals surface area contributed by atoms with Gasteiger partial charge in [-0.3, -0.25) is 14.9 Å². The average Bonchev–Trinajstić information content (AvgIpc) is 2.57. The van der Waals surface area contributed by atoms with Crippen molar-refractivity contribution in [3.63, 3.8) is 0 Å². The van der Waals surface area contributed by atoms with Gasteiger partial charge in [0.2, 0.25) is 0 Å². The molecule has 132 valence electrons. The molecule has 1 atom stereocenters. The molecule has 0 aromatic heterocycles. The van der Waals surface area contributed by atoms with E-state index in [0.29, 0.717) is 10.6 Å². The number of nitrogens with one attached hydrogen (secondary N) is 1. The molecule has 25 heavy (non-hydrogen) atoms. The summed E-state index contributed by atoms with van der Waals surface area (Å²) in [5.74, 6) is -0.296. The number of rotatable bonds is 6. The largest absolute Gasteiger partial charge is 0.332 e. The lowest BCUT2D eigenvalue weighted by atomic mass is 10.1. The van der Waals surface area contributed by atoms with E-state index < -0.39 is 4.92 Å². The molecule has 0 bridgehead atoms. The van der Waals surface area contributed by atoms with E-state index in [1.165, 1.54) is 6.07 Å². The quantitative estimate of drug-likeness (QED) is 0.611. The molecule has 7 heteroatoms. The van der Waals surface area contributed by atoms with Crippen LogP contribution in [0.5, 0.6) is 0 Å². The Bertz CT molecular complexity index is 808. The van der Waals surface area contributed by atoms with Gasteiger partial charge in [-0.15, -0.1) is 0 Å². The highest BCUT2D eigenvalue weighted by Gasteiger charge is 2.21. The van der Waals surface area contributed by atoms with Crippen molar-refractivity contribution in [2.45, 2.75) is 26.8 Å². The summed E-state index contributed by atoms with van der Waals surface area (Å²) in [7, 11) is 0. The van der Waals surface area contributed by atoms with Crippen LogP contribution in [-0.2, 0) is 4.79 Å². The first-order chi connectivity index (χ1) is 11.8. The first-order valence-electron chi connectivity index (χ1n) is 7.93. The van der Waals surface area contributed by atoms with E-state index in [1.807, 2.05) is 37.4 Å². The molecule has 2 rings (SSSR count). The predicted molar refractivity (Wildman–Crippen MR) is 97.9 cm³/mol. The number of hydrogen-bond donors (Lipinski definition) is 2. The maximum absolute atomic E-state index is 12.3. The van der Waals surface area contributed by atoms with Crippen LogP contribution in [0.25, 0.3) is 0 Å². The van der Waals surface area contributed by atoms with Gasteiger partial charge in [0, 0.05) is 16.7 Å². The lowest BCUT2D eigenvalue weighted by Gasteiger charge is -2.14. The highest BCUT2D eigenvalue weighted by atomic mass is 35.5. The van der Waals surface area contributed by atoms with Crippen LogP contribution < -0.4 is 10.6 Å². The predicted octanol–water partition coefficient (Wildman–Crippen LogP) is 3.13. The van der Waals surface area contributed by atoms with Crippen LogP contribution in [0.2, 0.25) is 5.02 Å². The zero-order chi connectivity index (χ0) is 18.6. The molecule has 0 radical (unpaired) electrons. The fraction of sp³-hybridized carbons (Fsp3) is 0.278. The van der Waals surface area contributed by atoms with Crippen LogP contribution >= 0.6 is 11.6 Å². The second-order valence-corrected chi connectivity index (χ2v) is 6.36. The van der Waals surface area contributed by atoms with Gasteiger partial charge in [-0.25, -0.2) is 0 Å². The molecule has 0 aliphatic rings. The summed E-state index contributed by atoms with van der Waals surface area (Å²) in [4.78, 5) is 23.0. The van der Waals surface area contributed by atoms with E-state index in [2.05, 4.69) is 5.32 Å². The summed E-state index contributed by atoms with van der Waals surface area (Å²) in [6, 6.07) is 10.5. The summed E-state index contributed by atoms with van der Waals surface area (Å²) >= 11 is 6.16. The Hall–Kier alpha value is -2.44. The Kier molecular flexibility index (Phi) is 6.12. The third-order valence-corrected chi connectivity index (χ3v) is 4.57. The first kappa shape index (κ1) is 18.9. The number of hydrogen-bond acceptors (Lipinski definition) is 3. The van der Waals surface area contributed by atoms with Crippen molar-refractivity contribution >= 4 is 28.9 Å². The normalized spacial score (nSPS) is 11.8. The van der Waals surface area contributed by atoms with Gasteiger partial charge >= 0.3 is 0 Å².